The lowest BCUT2D eigenvalue weighted by atomic mass is 10.1. The molecule has 0 unspecified atom stereocenters. The molecule has 0 fully saturated rings. The summed E-state index contributed by atoms with van der Waals surface area (Å²) in [6.45, 7) is 1.15. The Morgan fingerprint density at radius 2 is 1.54 bits per heavy atom. The van der Waals surface area contributed by atoms with E-state index in [2.05, 4.69) is 17.4 Å². The summed E-state index contributed by atoms with van der Waals surface area (Å²) in [4.78, 5) is 27.2. The number of ether oxygens (including phenoxy) is 1. The summed E-state index contributed by atoms with van der Waals surface area (Å²) >= 11 is 0. The van der Waals surface area contributed by atoms with Crippen molar-refractivity contribution in [1.29, 1.82) is 0 Å². The average molecular weight is 377 g/mol. The van der Waals surface area contributed by atoms with Crippen molar-refractivity contribution in [1.82, 2.24) is 0 Å². The van der Waals surface area contributed by atoms with Crippen molar-refractivity contribution in [2.45, 2.75) is 13.2 Å². The van der Waals surface area contributed by atoms with Gasteiger partial charge in [-0.2, -0.15) is 9.59 Å². The predicted octanol–water partition coefficient (Wildman–Crippen LogP) is 3.99. The van der Waals surface area contributed by atoms with Crippen LogP contribution in [0.4, 0.5) is 5.69 Å². The molecule has 0 saturated carbocycles. The first kappa shape index (κ1) is 20.4. The van der Waals surface area contributed by atoms with Crippen LogP contribution in [0.25, 0.3) is 0 Å². The van der Waals surface area contributed by atoms with Crippen molar-refractivity contribution < 1.29 is 24.2 Å². The summed E-state index contributed by atoms with van der Waals surface area (Å²) in [5, 5.41) is 12.4. The van der Waals surface area contributed by atoms with E-state index in [0.717, 1.165) is 17.8 Å². The summed E-state index contributed by atoms with van der Waals surface area (Å²) in [6, 6.07) is 24.7. The van der Waals surface area contributed by atoms with E-state index in [-0.39, 0.29) is 11.7 Å². The quantitative estimate of drug-likeness (QED) is 0.647. The zero-order valence-electron chi connectivity index (χ0n) is 15.0. The average Bonchev–Trinajstić information content (AvgIpc) is 2.73. The standard InChI is InChI=1S/C21H19NO3.CO2/c23-21(24)18-5-4-8-20(13-18)25-15-17-11-9-16(10-12-17)14-22-19-6-2-1-3-7-19;2-1-3/h1-13,22H,14-15H2,(H,23,24);. The predicted molar refractivity (Wildman–Crippen MR) is 103 cm³/mol. The monoisotopic (exact) mass is 377 g/mol. The van der Waals surface area contributed by atoms with Crippen LogP contribution in [0.5, 0.6) is 5.75 Å². The molecule has 3 aromatic rings. The lowest BCUT2D eigenvalue weighted by molar-refractivity contribution is -0.191. The van der Waals surface area contributed by atoms with Gasteiger partial charge in [-0.3, -0.25) is 0 Å². The first-order valence-electron chi connectivity index (χ1n) is 8.44. The number of hydrogen-bond acceptors (Lipinski definition) is 5. The summed E-state index contributed by atoms with van der Waals surface area (Å²) in [5.41, 5.74) is 3.53. The van der Waals surface area contributed by atoms with Gasteiger partial charge >= 0.3 is 12.1 Å². The molecule has 6 heteroatoms. The molecule has 0 aliphatic carbocycles. The molecule has 0 heterocycles. The zero-order valence-corrected chi connectivity index (χ0v) is 15.0. The Morgan fingerprint density at radius 1 is 0.893 bits per heavy atom. The van der Waals surface area contributed by atoms with Gasteiger partial charge in [-0.15, -0.1) is 0 Å². The topological polar surface area (TPSA) is 92.7 Å². The minimum Gasteiger partial charge on any atom is -0.489 e. The van der Waals surface area contributed by atoms with E-state index in [1.54, 1.807) is 18.2 Å². The van der Waals surface area contributed by atoms with Crippen LogP contribution in [0.2, 0.25) is 0 Å². The lowest BCUT2D eigenvalue weighted by Gasteiger charge is -2.09. The van der Waals surface area contributed by atoms with Gasteiger partial charge in [-0.25, -0.2) is 4.79 Å². The Balaban J connectivity index is 0.000000878. The lowest BCUT2D eigenvalue weighted by Crippen LogP contribution is -2.01. The van der Waals surface area contributed by atoms with Crippen LogP contribution in [0.1, 0.15) is 21.5 Å². The molecule has 142 valence electrons. The van der Waals surface area contributed by atoms with Crippen molar-refractivity contribution in [2.75, 3.05) is 5.32 Å². The number of nitrogens with one attached hydrogen (secondary N) is 1. The molecule has 0 aromatic heterocycles. The number of benzene rings is 3. The van der Waals surface area contributed by atoms with Crippen LogP contribution >= 0.6 is 0 Å². The third kappa shape index (κ3) is 6.78. The molecule has 28 heavy (non-hydrogen) atoms. The molecule has 3 rings (SSSR count). The Labute approximate surface area is 162 Å². The number of carboxylic acid groups (broad SMARTS) is 1. The van der Waals surface area contributed by atoms with Crippen molar-refractivity contribution in [2.24, 2.45) is 0 Å². The molecule has 6 nitrogen and oxygen atoms in total. The maximum absolute atomic E-state index is 11.0. The highest BCUT2D eigenvalue weighted by Gasteiger charge is 2.04. The summed E-state index contributed by atoms with van der Waals surface area (Å²) in [7, 11) is 0. The smallest absolute Gasteiger partial charge is 0.373 e. The summed E-state index contributed by atoms with van der Waals surface area (Å²) < 4.78 is 5.67. The molecule has 0 aliphatic heterocycles. The number of aromatic carboxylic acids is 1. The van der Waals surface area contributed by atoms with Crippen molar-refractivity contribution in [3.8, 4) is 5.75 Å². The number of para-hydroxylation sites is 1. The Hall–Kier alpha value is -3.89. The highest BCUT2D eigenvalue weighted by Crippen LogP contribution is 2.16. The van der Waals surface area contributed by atoms with Crippen molar-refractivity contribution in [3.05, 3.63) is 95.6 Å². The van der Waals surface area contributed by atoms with Gasteiger partial charge in [-0.05, 0) is 41.5 Å². The molecule has 0 aliphatic rings. The van der Waals surface area contributed by atoms with Gasteiger partial charge < -0.3 is 15.2 Å². The third-order valence-corrected chi connectivity index (χ3v) is 3.78. The minimum absolute atomic E-state index is 0.222. The summed E-state index contributed by atoms with van der Waals surface area (Å²) in [6.07, 6.45) is 0.250. The molecule has 0 saturated heterocycles. The molecule has 0 atom stereocenters. The SMILES string of the molecule is O=C(O)c1cccc(OCc2ccc(CNc3ccccc3)cc2)c1.O=C=O. The van der Waals surface area contributed by atoms with E-state index in [9.17, 15) is 4.79 Å². The minimum atomic E-state index is -0.958. The van der Waals surface area contributed by atoms with E-state index < -0.39 is 5.97 Å². The van der Waals surface area contributed by atoms with E-state index in [1.165, 1.54) is 11.6 Å². The fraction of sp³-hybridized carbons (Fsp3) is 0.0909. The van der Waals surface area contributed by atoms with E-state index in [0.29, 0.717) is 12.4 Å². The van der Waals surface area contributed by atoms with E-state index in [4.69, 9.17) is 19.4 Å². The molecule has 3 aromatic carbocycles. The first-order valence-corrected chi connectivity index (χ1v) is 8.44. The first-order chi connectivity index (χ1) is 13.6. The number of carboxylic acids is 1. The second-order valence-electron chi connectivity index (χ2n) is 5.74. The van der Waals surface area contributed by atoms with E-state index in [1.807, 2.05) is 42.5 Å². The number of anilines is 1. The fourth-order valence-electron chi connectivity index (χ4n) is 2.40. The summed E-state index contributed by atoms with van der Waals surface area (Å²) in [5.74, 6) is -0.407. The molecule has 2 N–H and O–H groups in total. The van der Waals surface area contributed by atoms with Crippen LogP contribution in [-0.2, 0) is 22.7 Å². The van der Waals surface area contributed by atoms with E-state index >= 15 is 0 Å². The zero-order chi connectivity index (χ0) is 20.2. The largest absolute Gasteiger partial charge is 0.489 e. The molecule has 0 radical (unpaired) electrons. The van der Waals surface area contributed by atoms with Gasteiger partial charge in [0.2, 0.25) is 0 Å². The van der Waals surface area contributed by atoms with Crippen molar-refractivity contribution >= 4 is 17.8 Å². The van der Waals surface area contributed by atoms with Crippen LogP contribution < -0.4 is 10.1 Å². The number of carbonyl (C=O) groups is 1. The molecule has 0 spiro atoms. The highest BCUT2D eigenvalue weighted by molar-refractivity contribution is 5.88. The molecular weight excluding hydrogens is 358 g/mol. The van der Waals surface area contributed by atoms with Gasteiger partial charge in [0, 0.05) is 12.2 Å². The van der Waals surface area contributed by atoms with Gasteiger partial charge in [0.1, 0.15) is 12.4 Å². The number of carbonyl (C=O) groups excluding carboxylic acids is 2. The van der Waals surface area contributed by atoms with Crippen LogP contribution in [0.3, 0.4) is 0 Å². The van der Waals surface area contributed by atoms with Gasteiger partial charge in [0.05, 0.1) is 5.56 Å². The second kappa shape index (κ2) is 11.0. The Kier molecular flexibility index (Phi) is 7.99. The molecular formula is C22H19NO5. The second-order valence-corrected chi connectivity index (χ2v) is 5.74. The Bertz CT molecular complexity index is 917. The Morgan fingerprint density at radius 3 is 2.18 bits per heavy atom. The third-order valence-electron chi connectivity index (χ3n) is 3.78. The fourth-order valence-corrected chi connectivity index (χ4v) is 2.40. The normalized spacial score (nSPS) is 9.43. The maximum Gasteiger partial charge on any atom is 0.373 e. The van der Waals surface area contributed by atoms with Crippen LogP contribution in [0, 0.1) is 0 Å². The molecule has 0 amide bonds. The highest BCUT2D eigenvalue weighted by atomic mass is 16.5. The van der Waals surface area contributed by atoms with Gasteiger partial charge in [0.25, 0.3) is 0 Å². The van der Waals surface area contributed by atoms with Crippen LogP contribution in [0.15, 0.2) is 78.9 Å². The van der Waals surface area contributed by atoms with Crippen molar-refractivity contribution in [3.63, 3.8) is 0 Å². The number of hydrogen-bond donors (Lipinski definition) is 2. The number of rotatable bonds is 7. The van der Waals surface area contributed by atoms with Gasteiger partial charge in [-0.1, -0.05) is 48.5 Å². The van der Waals surface area contributed by atoms with Gasteiger partial charge in [0.15, 0.2) is 0 Å². The molecule has 0 bridgehead atoms. The van der Waals surface area contributed by atoms with Crippen LogP contribution in [-0.4, -0.2) is 17.2 Å². The maximum atomic E-state index is 11.0.